The van der Waals surface area contributed by atoms with E-state index in [0.717, 1.165) is 37.7 Å². The molecule has 32 heavy (non-hydrogen) atoms. The summed E-state index contributed by atoms with van der Waals surface area (Å²) in [4.78, 5) is 22.1. The smallest absolute Gasteiger partial charge is 0.243 e. The largest absolute Gasteiger partial charge is 0.469 e. The summed E-state index contributed by atoms with van der Waals surface area (Å²) in [7, 11) is 3.50. The van der Waals surface area contributed by atoms with Gasteiger partial charge in [0.1, 0.15) is 12.3 Å². The molecule has 1 aliphatic rings. The zero-order chi connectivity index (χ0) is 22.1. The van der Waals surface area contributed by atoms with Crippen LogP contribution in [0, 0.1) is 5.92 Å². The molecule has 2 aromatic rings. The van der Waals surface area contributed by atoms with Crippen LogP contribution in [0.3, 0.4) is 0 Å². The average molecular weight is 574 g/mol. The van der Waals surface area contributed by atoms with Gasteiger partial charge >= 0.3 is 0 Å². The lowest BCUT2D eigenvalue weighted by Gasteiger charge is -2.36. The van der Waals surface area contributed by atoms with Gasteiger partial charge in [0.25, 0.3) is 0 Å². The number of nitrogens with one attached hydrogen (secondary N) is 2. The summed E-state index contributed by atoms with van der Waals surface area (Å²) >= 11 is 1.80. The highest BCUT2D eigenvalue weighted by atomic mass is 127. The minimum atomic E-state index is -0.0213. The molecule has 3 rings (SSSR count). The Morgan fingerprint density at radius 1 is 1.28 bits per heavy atom. The van der Waals surface area contributed by atoms with Crippen LogP contribution in [-0.4, -0.2) is 68.5 Å². The Balaban J connectivity index is 0.00000363. The van der Waals surface area contributed by atoms with E-state index in [-0.39, 0.29) is 36.4 Å². The first-order valence-corrected chi connectivity index (χ1v) is 11.9. The first-order valence-electron chi connectivity index (χ1n) is 11.0. The lowest BCUT2D eigenvalue weighted by Crippen LogP contribution is -2.45. The second-order valence-corrected chi connectivity index (χ2v) is 9.32. The number of guanidine groups is 1. The van der Waals surface area contributed by atoms with Gasteiger partial charge in [0, 0.05) is 38.5 Å². The summed E-state index contributed by atoms with van der Waals surface area (Å²) in [5, 5.41) is 8.99. The van der Waals surface area contributed by atoms with Gasteiger partial charge in [0.15, 0.2) is 5.96 Å². The highest BCUT2D eigenvalue weighted by Gasteiger charge is 2.25. The number of likely N-dealkylation sites (N-methyl/N-ethyl adjacent to an activating group) is 1. The number of amides is 1. The van der Waals surface area contributed by atoms with Crippen molar-refractivity contribution in [2.75, 3.05) is 46.8 Å². The first-order chi connectivity index (χ1) is 15.0. The van der Waals surface area contributed by atoms with E-state index >= 15 is 0 Å². The van der Waals surface area contributed by atoms with Gasteiger partial charge in [-0.2, -0.15) is 0 Å². The van der Waals surface area contributed by atoms with Gasteiger partial charge in [-0.25, -0.2) is 4.99 Å². The molecule has 0 aromatic carbocycles. The highest BCUT2D eigenvalue weighted by molar-refractivity contribution is 14.0. The molecule has 1 unspecified atom stereocenters. The van der Waals surface area contributed by atoms with Gasteiger partial charge < -0.3 is 20.0 Å². The minimum absolute atomic E-state index is 0. The van der Waals surface area contributed by atoms with Crippen LogP contribution in [0.5, 0.6) is 0 Å². The molecular formula is C23H36IN5O2S. The van der Waals surface area contributed by atoms with Crippen molar-refractivity contribution < 1.29 is 9.21 Å². The summed E-state index contributed by atoms with van der Waals surface area (Å²) < 4.78 is 5.41. The molecule has 9 heteroatoms. The van der Waals surface area contributed by atoms with Gasteiger partial charge in [0.05, 0.1) is 12.3 Å². The maximum absolute atomic E-state index is 12.1. The van der Waals surface area contributed by atoms with E-state index in [1.54, 1.807) is 36.6 Å². The lowest BCUT2D eigenvalue weighted by molar-refractivity contribution is -0.127. The summed E-state index contributed by atoms with van der Waals surface area (Å²) in [6.07, 6.45) is 4.92. The van der Waals surface area contributed by atoms with Crippen LogP contribution in [0.4, 0.5) is 0 Å². The Morgan fingerprint density at radius 3 is 2.69 bits per heavy atom. The van der Waals surface area contributed by atoms with Crippen LogP contribution >= 0.6 is 35.3 Å². The second-order valence-electron chi connectivity index (χ2n) is 8.34. The number of aliphatic imine (C=N–C) groups is 1. The number of carbonyl (C=O) groups excluding carboxylic acids is 1. The standard InChI is InChI=1S/C23H35N5O2S.HI/c1-18-9-12-28(13-10-18)20(21-7-5-15-31-21)16-25-23(26-17-22(29)27(2)3)24-11-8-19-6-4-14-30-19;/h4-7,14-15,18,20H,8-13,16-17H2,1-3H3,(H2,24,25,26);1H. The second kappa shape index (κ2) is 13.8. The fourth-order valence-corrected chi connectivity index (χ4v) is 4.51. The molecular weight excluding hydrogens is 537 g/mol. The highest BCUT2D eigenvalue weighted by Crippen LogP contribution is 2.29. The quantitative estimate of drug-likeness (QED) is 0.273. The molecule has 1 fully saturated rings. The van der Waals surface area contributed by atoms with Crippen LogP contribution < -0.4 is 10.6 Å². The van der Waals surface area contributed by atoms with Crippen molar-refractivity contribution in [2.24, 2.45) is 10.9 Å². The van der Waals surface area contributed by atoms with Crippen LogP contribution in [0.25, 0.3) is 0 Å². The van der Waals surface area contributed by atoms with Crippen molar-refractivity contribution in [3.05, 3.63) is 46.5 Å². The maximum atomic E-state index is 12.1. The van der Waals surface area contributed by atoms with E-state index in [1.807, 2.05) is 12.1 Å². The Bertz CT molecular complexity index is 802. The fourth-order valence-electron chi connectivity index (χ4n) is 3.65. The molecule has 0 spiro atoms. The molecule has 7 nitrogen and oxygen atoms in total. The number of hydrogen-bond donors (Lipinski definition) is 2. The molecule has 2 aromatic heterocycles. The SMILES string of the molecule is CC1CCN(C(CNC(=NCC(=O)N(C)C)NCCc2ccco2)c2cccs2)CC1.I. The van der Waals surface area contributed by atoms with Crippen LogP contribution in [0.2, 0.25) is 0 Å². The number of nitrogens with zero attached hydrogens (tertiary/aromatic N) is 3. The summed E-state index contributed by atoms with van der Waals surface area (Å²) in [5.41, 5.74) is 0. The van der Waals surface area contributed by atoms with Crippen molar-refractivity contribution in [3.8, 4) is 0 Å². The normalized spacial score (nSPS) is 16.3. The molecule has 2 N–H and O–H groups in total. The molecule has 0 saturated carbocycles. The van der Waals surface area contributed by atoms with E-state index in [4.69, 9.17) is 4.42 Å². The van der Waals surface area contributed by atoms with Gasteiger partial charge in [0.2, 0.25) is 5.91 Å². The topological polar surface area (TPSA) is 73.1 Å². The van der Waals surface area contributed by atoms with E-state index < -0.39 is 0 Å². The van der Waals surface area contributed by atoms with Crippen molar-refractivity contribution in [3.63, 3.8) is 0 Å². The summed E-state index contributed by atoms with van der Waals surface area (Å²) in [6, 6.07) is 8.49. The summed E-state index contributed by atoms with van der Waals surface area (Å²) in [6.45, 7) is 6.11. The molecule has 0 bridgehead atoms. The fraction of sp³-hybridized carbons (Fsp3) is 0.565. The number of likely N-dealkylation sites (tertiary alicyclic amines) is 1. The molecule has 0 radical (unpaired) electrons. The van der Waals surface area contributed by atoms with Crippen molar-refractivity contribution in [1.82, 2.24) is 20.4 Å². The van der Waals surface area contributed by atoms with Crippen LogP contribution in [0.1, 0.15) is 36.4 Å². The number of furan rings is 1. The Hall–Kier alpha value is -1.59. The molecule has 1 aliphatic heterocycles. The van der Waals surface area contributed by atoms with Crippen molar-refractivity contribution >= 4 is 47.2 Å². The van der Waals surface area contributed by atoms with Crippen LogP contribution in [-0.2, 0) is 11.2 Å². The Labute approximate surface area is 212 Å². The number of hydrogen-bond acceptors (Lipinski definition) is 5. The lowest BCUT2D eigenvalue weighted by atomic mass is 9.97. The maximum Gasteiger partial charge on any atom is 0.243 e. The van der Waals surface area contributed by atoms with Gasteiger partial charge in [-0.3, -0.25) is 9.69 Å². The third-order valence-corrected chi connectivity index (χ3v) is 6.68. The predicted octanol–water partition coefficient (Wildman–Crippen LogP) is 3.60. The molecule has 0 aliphatic carbocycles. The molecule has 1 atom stereocenters. The van der Waals surface area contributed by atoms with Crippen LogP contribution in [0.15, 0.2) is 45.3 Å². The van der Waals surface area contributed by atoms with E-state index in [1.165, 1.54) is 17.7 Å². The van der Waals surface area contributed by atoms with Gasteiger partial charge in [-0.05, 0) is 55.4 Å². The summed E-state index contributed by atoms with van der Waals surface area (Å²) in [5.74, 6) is 2.36. The molecule has 178 valence electrons. The number of piperidine rings is 1. The van der Waals surface area contributed by atoms with Crippen molar-refractivity contribution in [1.29, 1.82) is 0 Å². The third kappa shape index (κ3) is 8.40. The number of rotatable bonds is 9. The van der Waals surface area contributed by atoms with Gasteiger partial charge in [-0.15, -0.1) is 35.3 Å². The zero-order valence-electron chi connectivity index (χ0n) is 19.3. The van der Waals surface area contributed by atoms with E-state index in [9.17, 15) is 4.79 Å². The van der Waals surface area contributed by atoms with E-state index in [2.05, 4.69) is 45.0 Å². The van der Waals surface area contributed by atoms with Gasteiger partial charge in [-0.1, -0.05) is 13.0 Å². The monoisotopic (exact) mass is 573 g/mol. The van der Waals surface area contributed by atoms with Crippen molar-refractivity contribution in [2.45, 2.75) is 32.2 Å². The third-order valence-electron chi connectivity index (χ3n) is 5.71. The molecule has 1 amide bonds. The zero-order valence-corrected chi connectivity index (χ0v) is 22.4. The molecule has 1 saturated heterocycles. The predicted molar refractivity (Wildman–Crippen MR) is 142 cm³/mol. The first kappa shape index (κ1) is 26.7. The Morgan fingerprint density at radius 2 is 2.06 bits per heavy atom. The average Bonchev–Trinajstić information content (AvgIpc) is 3.47. The molecule has 3 heterocycles. The van der Waals surface area contributed by atoms with E-state index in [0.29, 0.717) is 18.5 Å². The number of carbonyl (C=O) groups is 1. The Kier molecular flexibility index (Phi) is 11.5. The number of halogens is 1. The number of thiophene rings is 1. The minimum Gasteiger partial charge on any atom is -0.469 e.